The van der Waals surface area contributed by atoms with Crippen molar-refractivity contribution in [2.75, 3.05) is 59.4 Å². The van der Waals surface area contributed by atoms with E-state index < -0.39 is 0 Å². The highest BCUT2D eigenvalue weighted by molar-refractivity contribution is 4.95. The summed E-state index contributed by atoms with van der Waals surface area (Å²) < 4.78 is 0. The van der Waals surface area contributed by atoms with Crippen LogP contribution in [0.25, 0.3) is 0 Å². The highest BCUT2D eigenvalue weighted by Gasteiger charge is 2.43. The summed E-state index contributed by atoms with van der Waals surface area (Å²) >= 11 is 0. The Bertz CT molecular complexity index is 293. The largest absolute Gasteiger partial charge is 0.304 e. The van der Waals surface area contributed by atoms with Crippen molar-refractivity contribution in [3.63, 3.8) is 0 Å². The van der Waals surface area contributed by atoms with E-state index >= 15 is 0 Å². The normalized spacial score (nSPS) is 29.7. The maximum atomic E-state index is 2.73. The molecule has 0 unspecified atom stereocenters. The molecule has 0 N–H and O–H groups in total. The van der Waals surface area contributed by atoms with Crippen molar-refractivity contribution in [2.45, 2.75) is 39.0 Å². The molecule has 0 aromatic heterocycles. The van der Waals surface area contributed by atoms with Gasteiger partial charge in [0, 0.05) is 26.2 Å². The van der Waals surface area contributed by atoms with Crippen LogP contribution in [0.2, 0.25) is 0 Å². The van der Waals surface area contributed by atoms with Crippen LogP contribution in [0, 0.1) is 11.3 Å². The van der Waals surface area contributed by atoms with Crippen LogP contribution < -0.4 is 0 Å². The first kappa shape index (κ1) is 14.8. The Hall–Kier alpha value is -0.120. The Morgan fingerprint density at radius 1 is 0.850 bits per heavy atom. The second kappa shape index (κ2) is 6.33. The molecule has 2 heterocycles. The van der Waals surface area contributed by atoms with Gasteiger partial charge in [-0.1, -0.05) is 6.92 Å². The van der Waals surface area contributed by atoms with Crippen LogP contribution in [0.1, 0.15) is 39.0 Å². The van der Waals surface area contributed by atoms with E-state index in [1.807, 2.05) is 0 Å². The third kappa shape index (κ3) is 3.55. The fourth-order valence-electron chi connectivity index (χ4n) is 4.67. The topological polar surface area (TPSA) is 9.72 Å². The quantitative estimate of drug-likeness (QED) is 0.780. The summed E-state index contributed by atoms with van der Waals surface area (Å²) in [6, 6.07) is 0. The molecule has 0 aromatic rings. The zero-order valence-corrected chi connectivity index (χ0v) is 13.6. The third-order valence-corrected chi connectivity index (χ3v) is 6.02. The van der Waals surface area contributed by atoms with Crippen LogP contribution >= 0.6 is 0 Å². The van der Waals surface area contributed by atoms with Gasteiger partial charge >= 0.3 is 0 Å². The molecule has 0 amide bonds. The van der Waals surface area contributed by atoms with E-state index in [1.165, 1.54) is 84.5 Å². The van der Waals surface area contributed by atoms with Gasteiger partial charge in [0.25, 0.3) is 0 Å². The van der Waals surface area contributed by atoms with Gasteiger partial charge in [-0.3, -0.25) is 0 Å². The molecule has 3 aliphatic rings. The maximum Gasteiger partial charge on any atom is 0.0110 e. The highest BCUT2D eigenvalue weighted by atomic mass is 15.2. The third-order valence-electron chi connectivity index (χ3n) is 6.02. The zero-order valence-electron chi connectivity index (χ0n) is 13.6. The van der Waals surface area contributed by atoms with Crippen LogP contribution in [0.4, 0.5) is 0 Å². The number of rotatable bonds is 4. The summed E-state index contributed by atoms with van der Waals surface area (Å²) in [5.74, 6) is 1.01. The molecule has 3 fully saturated rings. The molecule has 116 valence electrons. The first-order chi connectivity index (χ1) is 9.65. The Morgan fingerprint density at radius 3 is 1.95 bits per heavy atom. The molecule has 0 atom stereocenters. The standard InChI is InChI=1S/C17H33N3/c1-16-14-17(15-16)4-8-19(9-5-17)6-3-7-20-12-10-18(2)11-13-20/h16H,3-15H2,1-2H3. The molecule has 0 aromatic carbocycles. The number of hydrogen-bond donors (Lipinski definition) is 0. The van der Waals surface area contributed by atoms with Crippen molar-refractivity contribution < 1.29 is 0 Å². The summed E-state index contributed by atoms with van der Waals surface area (Å²) in [6.45, 7) is 12.9. The fraction of sp³-hybridized carbons (Fsp3) is 1.00. The Labute approximate surface area is 125 Å². The van der Waals surface area contributed by atoms with Crippen molar-refractivity contribution in [1.29, 1.82) is 0 Å². The summed E-state index contributed by atoms with van der Waals surface area (Å²) in [4.78, 5) is 7.82. The maximum absolute atomic E-state index is 2.73. The molecule has 1 saturated carbocycles. The van der Waals surface area contributed by atoms with Crippen LogP contribution in [0.15, 0.2) is 0 Å². The smallest absolute Gasteiger partial charge is 0.0110 e. The number of nitrogens with zero attached hydrogens (tertiary/aromatic N) is 3. The Kier molecular flexibility index (Phi) is 4.68. The Morgan fingerprint density at radius 2 is 1.40 bits per heavy atom. The van der Waals surface area contributed by atoms with Crippen molar-refractivity contribution in [2.24, 2.45) is 11.3 Å². The van der Waals surface area contributed by atoms with Gasteiger partial charge in [-0.25, -0.2) is 0 Å². The number of likely N-dealkylation sites (N-methyl/N-ethyl adjacent to an activating group) is 1. The van der Waals surface area contributed by atoms with E-state index in [0.29, 0.717) is 0 Å². The zero-order chi connectivity index (χ0) is 14.0. The van der Waals surface area contributed by atoms with Gasteiger partial charge in [-0.2, -0.15) is 0 Å². The predicted octanol–water partition coefficient (Wildman–Crippen LogP) is 2.14. The first-order valence-electron chi connectivity index (χ1n) is 8.79. The minimum absolute atomic E-state index is 0.785. The lowest BCUT2D eigenvalue weighted by molar-refractivity contribution is -0.00669. The number of hydrogen-bond acceptors (Lipinski definition) is 3. The van der Waals surface area contributed by atoms with E-state index in [9.17, 15) is 0 Å². The van der Waals surface area contributed by atoms with Gasteiger partial charge in [0.2, 0.25) is 0 Å². The minimum Gasteiger partial charge on any atom is -0.304 e. The van der Waals surface area contributed by atoms with Crippen molar-refractivity contribution in [3.8, 4) is 0 Å². The van der Waals surface area contributed by atoms with E-state index in [0.717, 1.165) is 11.3 Å². The summed E-state index contributed by atoms with van der Waals surface area (Å²) in [6.07, 6.45) is 7.36. The molecular formula is C17H33N3. The lowest BCUT2D eigenvalue weighted by atomic mass is 9.58. The molecule has 3 rings (SSSR count). The average Bonchev–Trinajstić information content (AvgIpc) is 2.42. The summed E-state index contributed by atoms with van der Waals surface area (Å²) in [7, 11) is 2.24. The fourth-order valence-corrected chi connectivity index (χ4v) is 4.67. The van der Waals surface area contributed by atoms with E-state index in [2.05, 4.69) is 28.7 Å². The van der Waals surface area contributed by atoms with Gasteiger partial charge in [0.15, 0.2) is 0 Å². The number of piperidine rings is 1. The average molecular weight is 279 g/mol. The summed E-state index contributed by atoms with van der Waals surface area (Å²) in [5.41, 5.74) is 0.785. The summed E-state index contributed by atoms with van der Waals surface area (Å²) in [5, 5.41) is 0. The van der Waals surface area contributed by atoms with Gasteiger partial charge in [0.05, 0.1) is 0 Å². The molecule has 2 aliphatic heterocycles. The lowest BCUT2D eigenvalue weighted by Gasteiger charge is -2.51. The first-order valence-corrected chi connectivity index (χ1v) is 8.79. The monoisotopic (exact) mass is 279 g/mol. The van der Waals surface area contributed by atoms with Crippen LogP contribution in [-0.4, -0.2) is 74.1 Å². The number of piperazine rings is 1. The van der Waals surface area contributed by atoms with E-state index in [1.54, 1.807) is 0 Å². The minimum atomic E-state index is 0.785. The van der Waals surface area contributed by atoms with Crippen LogP contribution in [0.3, 0.4) is 0 Å². The number of likely N-dealkylation sites (tertiary alicyclic amines) is 1. The van der Waals surface area contributed by atoms with E-state index in [4.69, 9.17) is 0 Å². The van der Waals surface area contributed by atoms with Gasteiger partial charge in [0.1, 0.15) is 0 Å². The van der Waals surface area contributed by atoms with Crippen molar-refractivity contribution in [1.82, 2.24) is 14.7 Å². The van der Waals surface area contributed by atoms with Gasteiger partial charge < -0.3 is 14.7 Å². The SMILES string of the molecule is CC1CC2(CCN(CCCN3CCN(C)CC3)CC2)C1. The van der Waals surface area contributed by atoms with Crippen LogP contribution in [0.5, 0.6) is 0 Å². The van der Waals surface area contributed by atoms with Gasteiger partial charge in [-0.15, -0.1) is 0 Å². The molecule has 3 nitrogen and oxygen atoms in total. The van der Waals surface area contributed by atoms with E-state index in [-0.39, 0.29) is 0 Å². The molecule has 0 bridgehead atoms. The Balaban J connectivity index is 1.28. The molecule has 2 saturated heterocycles. The molecule has 0 radical (unpaired) electrons. The highest BCUT2D eigenvalue weighted by Crippen LogP contribution is 2.52. The molecule has 1 aliphatic carbocycles. The lowest BCUT2D eigenvalue weighted by Crippen LogP contribution is -2.47. The van der Waals surface area contributed by atoms with Gasteiger partial charge in [-0.05, 0) is 76.7 Å². The second-order valence-electron chi connectivity index (χ2n) is 7.85. The van der Waals surface area contributed by atoms with Crippen molar-refractivity contribution >= 4 is 0 Å². The molecule has 1 spiro atoms. The molecular weight excluding hydrogens is 246 g/mol. The molecule has 3 heteroatoms. The predicted molar refractivity (Wildman–Crippen MR) is 85.1 cm³/mol. The van der Waals surface area contributed by atoms with Crippen LogP contribution in [-0.2, 0) is 0 Å². The second-order valence-corrected chi connectivity index (χ2v) is 7.85. The molecule has 20 heavy (non-hydrogen) atoms. The van der Waals surface area contributed by atoms with Crippen molar-refractivity contribution in [3.05, 3.63) is 0 Å².